The quantitative estimate of drug-likeness (QED) is 0.665. The highest BCUT2D eigenvalue weighted by molar-refractivity contribution is 6.07. The number of ketones is 2. The fourth-order valence-corrected chi connectivity index (χ4v) is 6.66. The molecule has 170 valence electrons. The molecule has 2 aromatic rings. The third-order valence-electron chi connectivity index (χ3n) is 8.34. The number of amides is 1. The predicted molar refractivity (Wildman–Crippen MR) is 125 cm³/mol. The minimum absolute atomic E-state index is 0.00377. The van der Waals surface area contributed by atoms with Crippen LogP contribution in [-0.2, 0) is 22.7 Å². The molecular formula is C28H30N2O3. The Morgan fingerprint density at radius 1 is 0.879 bits per heavy atom. The summed E-state index contributed by atoms with van der Waals surface area (Å²) >= 11 is 0. The smallest absolute Gasteiger partial charge is 0.255 e. The van der Waals surface area contributed by atoms with Gasteiger partial charge in [0.1, 0.15) is 5.78 Å². The predicted octanol–water partition coefficient (Wildman–Crippen LogP) is 4.24. The first-order valence-corrected chi connectivity index (χ1v) is 12.3. The summed E-state index contributed by atoms with van der Waals surface area (Å²) in [6.07, 6.45) is 5.72. The number of hydrogen-bond acceptors (Lipinski definition) is 4. The molecule has 0 N–H and O–H groups in total. The summed E-state index contributed by atoms with van der Waals surface area (Å²) in [5.41, 5.74) is 4.50. The van der Waals surface area contributed by atoms with Crippen LogP contribution in [0, 0.1) is 0 Å². The standard InChI is InChI=1S/C28H30N2O3/c31-24-9-11-26(27(32)15-24)30-17-21-12-19(6-10-25(21)28(30)33)20-13-22-7-8-23(14-20)29(22)16-18-4-2-1-3-5-18/h1-6,10,12,20,22-23,26H,7-9,11,13-17H2/t20?,22-,23+,26?. The van der Waals surface area contributed by atoms with Crippen molar-refractivity contribution in [3.8, 4) is 0 Å². The minimum atomic E-state index is -0.442. The first-order chi connectivity index (χ1) is 16.1. The van der Waals surface area contributed by atoms with E-state index >= 15 is 0 Å². The summed E-state index contributed by atoms with van der Waals surface area (Å²) in [4.78, 5) is 41.5. The molecule has 5 nitrogen and oxygen atoms in total. The van der Waals surface area contributed by atoms with Crippen LogP contribution in [-0.4, -0.2) is 45.4 Å². The van der Waals surface area contributed by atoms with Crippen LogP contribution in [0.5, 0.6) is 0 Å². The normalized spacial score (nSPS) is 29.6. The third kappa shape index (κ3) is 3.72. The lowest BCUT2D eigenvalue weighted by molar-refractivity contribution is -0.133. The number of piperidine rings is 1. The van der Waals surface area contributed by atoms with Crippen LogP contribution in [0.2, 0.25) is 0 Å². The number of fused-ring (bicyclic) bond motifs is 3. The number of nitrogens with zero attached hydrogens (tertiary/aromatic N) is 2. The molecule has 0 aromatic heterocycles. The second kappa shape index (κ2) is 8.21. The van der Waals surface area contributed by atoms with Crippen molar-refractivity contribution in [2.24, 2.45) is 0 Å². The largest absolute Gasteiger partial charge is 0.324 e. The zero-order chi connectivity index (χ0) is 22.5. The first kappa shape index (κ1) is 20.8. The summed E-state index contributed by atoms with van der Waals surface area (Å²) in [5, 5.41) is 0. The molecule has 2 aromatic carbocycles. The summed E-state index contributed by atoms with van der Waals surface area (Å²) in [6, 6.07) is 17.9. The number of carbonyl (C=O) groups is 3. The monoisotopic (exact) mass is 442 g/mol. The highest BCUT2D eigenvalue weighted by Crippen LogP contribution is 2.44. The van der Waals surface area contributed by atoms with Crippen LogP contribution in [0.25, 0.3) is 0 Å². The van der Waals surface area contributed by atoms with Gasteiger partial charge in [0.05, 0.1) is 12.5 Å². The van der Waals surface area contributed by atoms with E-state index < -0.39 is 6.04 Å². The van der Waals surface area contributed by atoms with Crippen molar-refractivity contribution in [1.29, 1.82) is 0 Å². The Morgan fingerprint density at radius 3 is 2.36 bits per heavy atom. The van der Waals surface area contributed by atoms with Gasteiger partial charge < -0.3 is 4.90 Å². The molecule has 4 aliphatic rings. The molecule has 3 fully saturated rings. The lowest BCUT2D eigenvalue weighted by Crippen LogP contribution is -2.44. The van der Waals surface area contributed by atoms with Crippen molar-refractivity contribution < 1.29 is 14.4 Å². The zero-order valence-electron chi connectivity index (χ0n) is 18.9. The first-order valence-electron chi connectivity index (χ1n) is 12.3. The van der Waals surface area contributed by atoms with Gasteiger partial charge in [0, 0.05) is 37.2 Å². The number of carbonyl (C=O) groups excluding carboxylic acids is 3. The van der Waals surface area contributed by atoms with Crippen molar-refractivity contribution in [2.75, 3.05) is 0 Å². The van der Waals surface area contributed by atoms with Gasteiger partial charge in [-0.05, 0) is 60.8 Å². The molecule has 0 spiro atoms. The zero-order valence-corrected chi connectivity index (χ0v) is 18.9. The average Bonchev–Trinajstić information content (AvgIpc) is 3.24. The van der Waals surface area contributed by atoms with E-state index in [0.29, 0.717) is 37.4 Å². The Morgan fingerprint density at radius 2 is 1.64 bits per heavy atom. The SMILES string of the molecule is O=C1CCC(N2Cc3cc(C4C[C@H]5CC[C@@H](C4)N5Cc4ccccc4)ccc3C2=O)C(=O)C1. The molecule has 1 saturated carbocycles. The van der Waals surface area contributed by atoms with Gasteiger partial charge in [-0.3, -0.25) is 19.3 Å². The highest BCUT2D eigenvalue weighted by Gasteiger charge is 2.42. The molecule has 1 aliphatic carbocycles. The Bertz CT molecular complexity index is 1100. The van der Waals surface area contributed by atoms with Gasteiger partial charge in [0.2, 0.25) is 0 Å². The Hall–Kier alpha value is -2.79. The van der Waals surface area contributed by atoms with Crippen molar-refractivity contribution in [1.82, 2.24) is 9.80 Å². The molecule has 2 unspecified atom stereocenters. The summed E-state index contributed by atoms with van der Waals surface area (Å²) in [7, 11) is 0. The lowest BCUT2D eigenvalue weighted by atomic mass is 9.84. The summed E-state index contributed by atoms with van der Waals surface area (Å²) < 4.78 is 0. The second-order valence-corrected chi connectivity index (χ2v) is 10.3. The summed E-state index contributed by atoms with van der Waals surface area (Å²) in [6.45, 7) is 1.53. The van der Waals surface area contributed by atoms with E-state index in [-0.39, 0.29) is 23.9 Å². The fraction of sp³-hybridized carbons (Fsp3) is 0.464. The topological polar surface area (TPSA) is 57.7 Å². The van der Waals surface area contributed by atoms with Crippen LogP contribution in [0.15, 0.2) is 48.5 Å². The molecule has 1 amide bonds. The van der Waals surface area contributed by atoms with E-state index in [4.69, 9.17) is 0 Å². The Kier molecular flexibility index (Phi) is 5.17. The molecule has 3 aliphatic heterocycles. The van der Waals surface area contributed by atoms with E-state index in [9.17, 15) is 14.4 Å². The number of rotatable bonds is 4. The number of benzene rings is 2. The Balaban J connectivity index is 1.17. The molecule has 6 rings (SSSR count). The number of Topliss-reactive ketones (excluding diaryl/α,β-unsaturated/α-hetero) is 2. The second-order valence-electron chi connectivity index (χ2n) is 10.3. The molecule has 4 atom stereocenters. The van der Waals surface area contributed by atoms with Crippen molar-refractivity contribution >= 4 is 17.5 Å². The summed E-state index contributed by atoms with van der Waals surface area (Å²) in [5.74, 6) is 0.367. The van der Waals surface area contributed by atoms with Crippen LogP contribution < -0.4 is 0 Å². The molecule has 33 heavy (non-hydrogen) atoms. The van der Waals surface area contributed by atoms with Crippen LogP contribution >= 0.6 is 0 Å². The maximum atomic E-state index is 13.0. The van der Waals surface area contributed by atoms with Gasteiger partial charge in [0.25, 0.3) is 5.91 Å². The van der Waals surface area contributed by atoms with Gasteiger partial charge >= 0.3 is 0 Å². The lowest BCUT2D eigenvalue weighted by Gasteiger charge is -2.39. The van der Waals surface area contributed by atoms with Crippen molar-refractivity contribution in [3.63, 3.8) is 0 Å². The van der Waals surface area contributed by atoms with E-state index in [1.807, 2.05) is 6.07 Å². The fourth-order valence-electron chi connectivity index (χ4n) is 6.66. The molecule has 3 heterocycles. The highest BCUT2D eigenvalue weighted by atomic mass is 16.2. The van der Waals surface area contributed by atoms with E-state index in [1.54, 1.807) is 4.90 Å². The molecule has 0 radical (unpaired) electrons. The van der Waals surface area contributed by atoms with E-state index in [2.05, 4.69) is 47.4 Å². The minimum Gasteiger partial charge on any atom is -0.324 e. The molecule has 2 bridgehead atoms. The van der Waals surface area contributed by atoms with Crippen molar-refractivity contribution in [2.45, 2.75) is 82.1 Å². The average molecular weight is 443 g/mol. The van der Waals surface area contributed by atoms with E-state index in [0.717, 1.165) is 17.7 Å². The molecule has 2 saturated heterocycles. The van der Waals surface area contributed by atoms with Gasteiger partial charge in [0.15, 0.2) is 5.78 Å². The van der Waals surface area contributed by atoms with E-state index in [1.165, 1.54) is 36.8 Å². The Labute approximate surface area is 194 Å². The van der Waals surface area contributed by atoms with Crippen LogP contribution in [0.4, 0.5) is 0 Å². The van der Waals surface area contributed by atoms with Crippen LogP contribution in [0.1, 0.15) is 77.9 Å². The number of hydrogen-bond donors (Lipinski definition) is 0. The maximum absolute atomic E-state index is 13.0. The molecular weight excluding hydrogens is 412 g/mol. The van der Waals surface area contributed by atoms with Gasteiger partial charge in [-0.2, -0.15) is 0 Å². The third-order valence-corrected chi connectivity index (χ3v) is 8.34. The maximum Gasteiger partial charge on any atom is 0.255 e. The van der Waals surface area contributed by atoms with Gasteiger partial charge in [-0.15, -0.1) is 0 Å². The van der Waals surface area contributed by atoms with Gasteiger partial charge in [-0.25, -0.2) is 0 Å². The van der Waals surface area contributed by atoms with Crippen molar-refractivity contribution in [3.05, 3.63) is 70.8 Å². The van der Waals surface area contributed by atoms with Gasteiger partial charge in [-0.1, -0.05) is 42.5 Å². The molecule has 5 heteroatoms. The van der Waals surface area contributed by atoms with Crippen LogP contribution in [0.3, 0.4) is 0 Å².